The van der Waals surface area contributed by atoms with Gasteiger partial charge in [-0.05, 0) is 41.5 Å². The molecule has 154 valence electrons. The number of piperazine rings is 1. The molecule has 0 aromatic heterocycles. The van der Waals surface area contributed by atoms with Gasteiger partial charge >= 0.3 is 12.2 Å². The lowest BCUT2D eigenvalue weighted by atomic mass is 10.1. The van der Waals surface area contributed by atoms with Crippen LogP contribution in [0.2, 0.25) is 0 Å². The van der Waals surface area contributed by atoms with Crippen molar-refractivity contribution in [2.24, 2.45) is 10.7 Å². The molecule has 2 aliphatic heterocycles. The molecule has 0 unspecified atom stereocenters. The Balaban J connectivity index is 1.76. The van der Waals surface area contributed by atoms with E-state index >= 15 is 0 Å². The summed E-state index contributed by atoms with van der Waals surface area (Å²) in [6.07, 6.45) is -0.622. The lowest BCUT2D eigenvalue weighted by molar-refractivity contribution is 0.00892. The number of aliphatic imine (C=N–C) groups is 1. The van der Waals surface area contributed by atoms with Gasteiger partial charge in [-0.2, -0.15) is 0 Å². The first-order valence-corrected chi connectivity index (χ1v) is 9.38. The zero-order chi connectivity index (χ0) is 20.4. The summed E-state index contributed by atoms with van der Waals surface area (Å²) >= 11 is 0. The summed E-state index contributed by atoms with van der Waals surface area (Å²) in [5.74, 6) is 0.452. The monoisotopic (exact) mass is 383 g/mol. The minimum atomic E-state index is -0.502. The van der Waals surface area contributed by atoms with Crippen LogP contribution in [0.5, 0.6) is 0 Å². The number of hydrogen-bond acceptors (Lipinski definition) is 5. The number of ether oxygens (including phenoxy) is 2. The van der Waals surface area contributed by atoms with Gasteiger partial charge in [-0.15, -0.1) is 0 Å². The number of amides is 2. The van der Waals surface area contributed by atoms with E-state index in [0.29, 0.717) is 45.2 Å². The SMILES string of the molecule is CC(C)(C)OC(=O)N1CCN(C(N)=NC2CN(C(=O)OC(C)(C)C)C2)CC1. The Morgan fingerprint density at radius 3 is 1.67 bits per heavy atom. The van der Waals surface area contributed by atoms with E-state index in [4.69, 9.17) is 15.2 Å². The molecule has 0 aliphatic carbocycles. The van der Waals surface area contributed by atoms with Crippen molar-refractivity contribution in [1.29, 1.82) is 0 Å². The van der Waals surface area contributed by atoms with Crippen LogP contribution < -0.4 is 5.73 Å². The Kier molecular flexibility index (Phi) is 6.11. The average Bonchev–Trinajstić information content (AvgIpc) is 2.46. The molecule has 27 heavy (non-hydrogen) atoms. The van der Waals surface area contributed by atoms with Gasteiger partial charge in [-0.3, -0.25) is 0 Å². The number of likely N-dealkylation sites (tertiary alicyclic amines) is 1. The summed E-state index contributed by atoms with van der Waals surface area (Å²) in [4.78, 5) is 33.8. The Morgan fingerprint density at radius 1 is 0.815 bits per heavy atom. The zero-order valence-corrected chi connectivity index (χ0v) is 17.3. The van der Waals surface area contributed by atoms with Crippen molar-refractivity contribution in [3.8, 4) is 0 Å². The van der Waals surface area contributed by atoms with Crippen LogP contribution >= 0.6 is 0 Å². The third kappa shape index (κ3) is 6.48. The second-order valence-corrected chi connectivity index (χ2v) is 8.98. The van der Waals surface area contributed by atoms with Crippen LogP contribution in [-0.4, -0.2) is 89.4 Å². The van der Waals surface area contributed by atoms with Crippen molar-refractivity contribution in [3.63, 3.8) is 0 Å². The van der Waals surface area contributed by atoms with Gasteiger partial charge in [-0.1, -0.05) is 0 Å². The van der Waals surface area contributed by atoms with E-state index in [1.54, 1.807) is 9.80 Å². The van der Waals surface area contributed by atoms with Crippen LogP contribution in [0.4, 0.5) is 9.59 Å². The van der Waals surface area contributed by atoms with Crippen LogP contribution in [0.25, 0.3) is 0 Å². The first kappa shape index (κ1) is 21.1. The Labute approximate surface area is 161 Å². The molecule has 2 fully saturated rings. The second kappa shape index (κ2) is 7.82. The van der Waals surface area contributed by atoms with E-state index < -0.39 is 11.2 Å². The van der Waals surface area contributed by atoms with Crippen LogP contribution in [-0.2, 0) is 9.47 Å². The predicted molar refractivity (Wildman–Crippen MR) is 103 cm³/mol. The number of rotatable bonds is 1. The van der Waals surface area contributed by atoms with E-state index in [1.807, 2.05) is 46.4 Å². The van der Waals surface area contributed by atoms with Crippen molar-refractivity contribution in [3.05, 3.63) is 0 Å². The molecular formula is C18H33N5O4. The minimum absolute atomic E-state index is 0.0126. The van der Waals surface area contributed by atoms with E-state index in [2.05, 4.69) is 4.99 Å². The van der Waals surface area contributed by atoms with Crippen LogP contribution in [0.15, 0.2) is 4.99 Å². The number of carbonyl (C=O) groups is 2. The third-order valence-corrected chi connectivity index (χ3v) is 4.08. The first-order chi connectivity index (χ1) is 12.3. The highest BCUT2D eigenvalue weighted by Gasteiger charge is 2.34. The maximum Gasteiger partial charge on any atom is 0.410 e. The second-order valence-electron chi connectivity index (χ2n) is 8.98. The molecule has 2 aliphatic rings. The molecule has 2 rings (SSSR count). The minimum Gasteiger partial charge on any atom is -0.444 e. The maximum absolute atomic E-state index is 12.1. The molecule has 0 spiro atoms. The smallest absolute Gasteiger partial charge is 0.410 e. The molecule has 9 nitrogen and oxygen atoms in total. The molecule has 0 bridgehead atoms. The number of carbonyl (C=O) groups excluding carboxylic acids is 2. The number of hydrogen-bond donors (Lipinski definition) is 1. The number of guanidine groups is 1. The van der Waals surface area contributed by atoms with Crippen molar-refractivity contribution >= 4 is 18.1 Å². The molecule has 9 heteroatoms. The van der Waals surface area contributed by atoms with Gasteiger partial charge in [0.2, 0.25) is 0 Å². The summed E-state index contributed by atoms with van der Waals surface area (Å²) in [5, 5.41) is 0. The lowest BCUT2D eigenvalue weighted by Gasteiger charge is -2.39. The van der Waals surface area contributed by atoms with Crippen molar-refractivity contribution in [2.45, 2.75) is 58.8 Å². The van der Waals surface area contributed by atoms with E-state index in [-0.39, 0.29) is 18.2 Å². The molecule has 0 saturated carbocycles. The van der Waals surface area contributed by atoms with Crippen LogP contribution in [0.1, 0.15) is 41.5 Å². The van der Waals surface area contributed by atoms with Crippen molar-refractivity contribution < 1.29 is 19.1 Å². The van der Waals surface area contributed by atoms with Gasteiger partial charge in [0.15, 0.2) is 5.96 Å². The molecule has 0 radical (unpaired) electrons. The largest absolute Gasteiger partial charge is 0.444 e. The first-order valence-electron chi connectivity index (χ1n) is 9.38. The maximum atomic E-state index is 12.1. The number of nitrogens with two attached hydrogens (primary N) is 1. The Morgan fingerprint density at radius 2 is 1.22 bits per heavy atom. The highest BCUT2D eigenvalue weighted by Crippen LogP contribution is 2.17. The third-order valence-electron chi connectivity index (χ3n) is 4.08. The molecule has 2 heterocycles. The van der Waals surface area contributed by atoms with Crippen LogP contribution in [0, 0.1) is 0 Å². The normalized spacial score (nSPS) is 19.6. The van der Waals surface area contributed by atoms with Crippen LogP contribution in [0.3, 0.4) is 0 Å². The predicted octanol–water partition coefficient (Wildman–Crippen LogP) is 1.47. The summed E-state index contributed by atoms with van der Waals surface area (Å²) in [6.45, 7) is 14.4. The molecule has 2 N–H and O–H groups in total. The van der Waals surface area contributed by atoms with Gasteiger partial charge in [0, 0.05) is 39.3 Å². The lowest BCUT2D eigenvalue weighted by Crippen LogP contribution is -2.57. The Bertz CT molecular complexity index is 580. The highest BCUT2D eigenvalue weighted by molar-refractivity contribution is 5.79. The quantitative estimate of drug-likeness (QED) is 0.544. The fourth-order valence-corrected chi connectivity index (χ4v) is 2.73. The standard InChI is InChI=1S/C18H33N5O4/c1-17(2,3)26-15(24)22-9-7-21(8-10-22)14(19)20-13-11-23(12-13)16(25)27-18(4,5)6/h13H,7-12H2,1-6H3,(H2,19,20). The molecular weight excluding hydrogens is 350 g/mol. The topological polar surface area (TPSA) is 101 Å². The fraction of sp³-hybridized carbons (Fsp3) is 0.833. The van der Waals surface area contributed by atoms with Gasteiger partial charge in [0.1, 0.15) is 11.2 Å². The Hall–Kier alpha value is -2.19. The van der Waals surface area contributed by atoms with Gasteiger partial charge in [0.05, 0.1) is 6.04 Å². The molecule has 2 amide bonds. The molecule has 0 aromatic carbocycles. The summed E-state index contributed by atoms with van der Waals surface area (Å²) in [6, 6.07) is -0.0126. The number of nitrogens with zero attached hydrogens (tertiary/aromatic N) is 4. The molecule has 0 atom stereocenters. The fourth-order valence-electron chi connectivity index (χ4n) is 2.73. The molecule has 0 aromatic rings. The van der Waals surface area contributed by atoms with Gasteiger partial charge in [-0.25, -0.2) is 14.6 Å². The van der Waals surface area contributed by atoms with Gasteiger partial charge in [0.25, 0.3) is 0 Å². The summed E-state index contributed by atoms with van der Waals surface area (Å²) < 4.78 is 10.7. The molecule has 2 saturated heterocycles. The average molecular weight is 383 g/mol. The van der Waals surface area contributed by atoms with Gasteiger partial charge < -0.3 is 29.9 Å². The summed E-state index contributed by atoms with van der Waals surface area (Å²) in [7, 11) is 0. The van der Waals surface area contributed by atoms with E-state index in [9.17, 15) is 9.59 Å². The van der Waals surface area contributed by atoms with Crippen molar-refractivity contribution in [1.82, 2.24) is 14.7 Å². The zero-order valence-electron chi connectivity index (χ0n) is 17.3. The van der Waals surface area contributed by atoms with E-state index in [1.165, 1.54) is 0 Å². The highest BCUT2D eigenvalue weighted by atomic mass is 16.6. The van der Waals surface area contributed by atoms with Crippen molar-refractivity contribution in [2.75, 3.05) is 39.3 Å². The summed E-state index contributed by atoms with van der Waals surface area (Å²) in [5.41, 5.74) is 5.11. The van der Waals surface area contributed by atoms with E-state index in [0.717, 1.165) is 0 Å².